The average Bonchev–Trinajstić information content (AvgIpc) is 2.71. The first-order chi connectivity index (χ1) is 7.73. The lowest BCUT2D eigenvalue weighted by Crippen LogP contribution is -2.53. The Morgan fingerprint density at radius 3 is 2.18 bits per heavy atom. The van der Waals surface area contributed by atoms with E-state index >= 15 is 0 Å². The van der Waals surface area contributed by atoms with E-state index in [0.717, 1.165) is 0 Å². The molecule has 4 heteroatoms. The van der Waals surface area contributed by atoms with Crippen LogP contribution in [0.4, 0.5) is 0 Å². The van der Waals surface area contributed by atoms with Crippen LogP contribution >= 0.6 is 0 Å². The normalized spacial score (nSPS) is 39.6. The highest BCUT2D eigenvalue weighted by molar-refractivity contribution is 5.87. The molecule has 0 aromatic heterocycles. The Balaban J connectivity index is 2.62. The molecule has 0 radical (unpaired) electrons. The molecule has 2 bridgehead atoms. The minimum Gasteiger partial charge on any atom is -0.481 e. The number of allylic oxidation sites excluding steroid dienone is 2. The van der Waals surface area contributed by atoms with Crippen LogP contribution in [-0.4, -0.2) is 22.2 Å². The van der Waals surface area contributed by atoms with Gasteiger partial charge >= 0.3 is 11.9 Å². The van der Waals surface area contributed by atoms with Gasteiger partial charge in [-0.15, -0.1) is 0 Å². The zero-order chi connectivity index (χ0) is 13.0. The van der Waals surface area contributed by atoms with E-state index in [1.165, 1.54) is 0 Å². The Morgan fingerprint density at radius 2 is 1.82 bits per heavy atom. The maximum absolute atomic E-state index is 11.8. The van der Waals surface area contributed by atoms with Gasteiger partial charge in [-0.1, -0.05) is 32.9 Å². The molecule has 1 fully saturated rings. The van der Waals surface area contributed by atoms with Gasteiger partial charge in [-0.05, 0) is 23.7 Å². The molecule has 0 aromatic carbocycles. The molecule has 4 nitrogen and oxygen atoms in total. The molecular formula is C13H18O4. The van der Waals surface area contributed by atoms with Crippen molar-refractivity contribution in [2.75, 3.05) is 0 Å². The summed E-state index contributed by atoms with van der Waals surface area (Å²) in [6.45, 7) is 5.48. The zero-order valence-electron chi connectivity index (χ0n) is 10.3. The molecule has 2 aliphatic carbocycles. The fraction of sp³-hybridized carbons (Fsp3) is 0.692. The minimum absolute atomic E-state index is 0.132. The van der Waals surface area contributed by atoms with E-state index < -0.39 is 28.7 Å². The van der Waals surface area contributed by atoms with Gasteiger partial charge in [0.05, 0.1) is 11.3 Å². The van der Waals surface area contributed by atoms with E-state index in [4.69, 9.17) is 0 Å². The molecule has 0 aromatic rings. The molecule has 2 aliphatic rings. The zero-order valence-corrected chi connectivity index (χ0v) is 10.3. The van der Waals surface area contributed by atoms with E-state index in [1.807, 2.05) is 32.9 Å². The third-order valence-electron chi connectivity index (χ3n) is 4.48. The predicted molar refractivity (Wildman–Crippen MR) is 61.4 cm³/mol. The summed E-state index contributed by atoms with van der Waals surface area (Å²) in [6.07, 6.45) is 4.42. The van der Waals surface area contributed by atoms with E-state index in [9.17, 15) is 19.8 Å². The molecule has 94 valence electrons. The number of hydrogen-bond acceptors (Lipinski definition) is 2. The summed E-state index contributed by atoms with van der Waals surface area (Å²) in [5, 5.41) is 19.0. The number of hydrogen-bond donors (Lipinski definition) is 2. The lowest BCUT2D eigenvalue weighted by atomic mass is 9.55. The largest absolute Gasteiger partial charge is 0.481 e. The van der Waals surface area contributed by atoms with Gasteiger partial charge in [-0.25, -0.2) is 0 Å². The highest BCUT2D eigenvalue weighted by atomic mass is 16.4. The van der Waals surface area contributed by atoms with Crippen LogP contribution in [0.2, 0.25) is 0 Å². The molecule has 17 heavy (non-hydrogen) atoms. The fourth-order valence-electron chi connectivity index (χ4n) is 3.89. The Morgan fingerprint density at radius 1 is 1.24 bits per heavy atom. The molecule has 4 unspecified atom stereocenters. The highest BCUT2D eigenvalue weighted by Crippen LogP contribution is 2.63. The van der Waals surface area contributed by atoms with Crippen LogP contribution in [0.3, 0.4) is 0 Å². The van der Waals surface area contributed by atoms with E-state index in [2.05, 4.69) is 0 Å². The van der Waals surface area contributed by atoms with Crippen LogP contribution in [0.25, 0.3) is 0 Å². The van der Waals surface area contributed by atoms with Crippen molar-refractivity contribution in [1.29, 1.82) is 0 Å². The number of carboxylic acid groups (broad SMARTS) is 2. The van der Waals surface area contributed by atoms with Crippen LogP contribution in [0, 0.1) is 28.6 Å². The summed E-state index contributed by atoms with van der Waals surface area (Å²) in [5.41, 5.74) is -1.76. The van der Waals surface area contributed by atoms with Crippen molar-refractivity contribution >= 4 is 11.9 Å². The van der Waals surface area contributed by atoms with E-state index in [1.54, 1.807) is 0 Å². The second-order valence-electron chi connectivity index (χ2n) is 6.13. The fourth-order valence-corrected chi connectivity index (χ4v) is 3.89. The molecule has 0 heterocycles. The maximum Gasteiger partial charge on any atom is 0.311 e. The molecule has 0 aliphatic heterocycles. The molecular weight excluding hydrogens is 220 g/mol. The van der Waals surface area contributed by atoms with Crippen LogP contribution in [-0.2, 0) is 9.59 Å². The smallest absolute Gasteiger partial charge is 0.311 e. The monoisotopic (exact) mass is 238 g/mol. The van der Waals surface area contributed by atoms with Crippen LogP contribution in [0.1, 0.15) is 27.2 Å². The topological polar surface area (TPSA) is 74.6 Å². The van der Waals surface area contributed by atoms with Gasteiger partial charge < -0.3 is 10.2 Å². The van der Waals surface area contributed by atoms with Crippen molar-refractivity contribution in [1.82, 2.24) is 0 Å². The Bertz CT molecular complexity index is 404. The first-order valence-electron chi connectivity index (χ1n) is 5.87. The maximum atomic E-state index is 11.8. The van der Waals surface area contributed by atoms with Crippen molar-refractivity contribution < 1.29 is 19.8 Å². The summed E-state index contributed by atoms with van der Waals surface area (Å²) in [5.74, 6) is -3.07. The van der Waals surface area contributed by atoms with Crippen LogP contribution in [0.15, 0.2) is 12.2 Å². The summed E-state index contributed by atoms with van der Waals surface area (Å²) in [6, 6.07) is 0. The van der Waals surface area contributed by atoms with Crippen molar-refractivity contribution in [2.45, 2.75) is 27.2 Å². The summed E-state index contributed by atoms with van der Waals surface area (Å²) in [7, 11) is 0. The molecule has 2 N–H and O–H groups in total. The highest BCUT2D eigenvalue weighted by Gasteiger charge is 2.68. The number of aliphatic carboxylic acids is 2. The first-order valence-corrected chi connectivity index (χ1v) is 5.87. The van der Waals surface area contributed by atoms with Gasteiger partial charge in [0, 0.05) is 0 Å². The first kappa shape index (κ1) is 12.1. The lowest BCUT2D eigenvalue weighted by Gasteiger charge is -2.46. The Hall–Kier alpha value is -1.32. The van der Waals surface area contributed by atoms with Crippen molar-refractivity contribution in [3.63, 3.8) is 0 Å². The average molecular weight is 238 g/mol. The number of carboxylic acids is 2. The van der Waals surface area contributed by atoms with Gasteiger partial charge in [0.2, 0.25) is 0 Å². The van der Waals surface area contributed by atoms with E-state index in [0.29, 0.717) is 6.42 Å². The molecule has 4 atom stereocenters. The SMILES string of the molecule is CC(C)(C)C1(C(=O)O)C2C=CC(C2)C1C(=O)O. The van der Waals surface area contributed by atoms with Crippen LogP contribution < -0.4 is 0 Å². The van der Waals surface area contributed by atoms with Crippen molar-refractivity contribution in [3.05, 3.63) is 12.2 Å². The van der Waals surface area contributed by atoms with Gasteiger partial charge in [0.1, 0.15) is 0 Å². The Kier molecular flexibility index (Phi) is 2.39. The summed E-state index contributed by atoms with van der Waals surface area (Å²) < 4.78 is 0. The van der Waals surface area contributed by atoms with E-state index in [-0.39, 0.29) is 11.8 Å². The van der Waals surface area contributed by atoms with Gasteiger partial charge in [-0.3, -0.25) is 9.59 Å². The quantitative estimate of drug-likeness (QED) is 0.722. The van der Waals surface area contributed by atoms with Crippen molar-refractivity contribution in [2.24, 2.45) is 28.6 Å². The minimum atomic E-state index is -1.18. The lowest BCUT2D eigenvalue weighted by molar-refractivity contribution is -0.174. The third kappa shape index (κ3) is 1.30. The summed E-state index contributed by atoms with van der Waals surface area (Å²) >= 11 is 0. The standard InChI is InChI=1S/C13H18O4/c1-12(2,3)13(11(16)17)8-5-4-7(6-8)9(13)10(14)15/h4-5,7-9H,6H2,1-3H3,(H,14,15)(H,16,17). The molecule has 0 spiro atoms. The number of carbonyl (C=O) groups is 2. The molecule has 0 amide bonds. The Labute approximate surface area is 100 Å². The van der Waals surface area contributed by atoms with Crippen molar-refractivity contribution in [3.8, 4) is 0 Å². The summed E-state index contributed by atoms with van der Waals surface area (Å²) in [4.78, 5) is 23.2. The number of rotatable bonds is 2. The second kappa shape index (κ2) is 3.34. The predicted octanol–water partition coefficient (Wildman–Crippen LogP) is 2.01. The third-order valence-corrected chi connectivity index (χ3v) is 4.48. The van der Waals surface area contributed by atoms with Crippen LogP contribution in [0.5, 0.6) is 0 Å². The molecule has 2 rings (SSSR count). The second-order valence-corrected chi connectivity index (χ2v) is 6.13. The molecule has 0 saturated heterocycles. The van der Waals surface area contributed by atoms with Gasteiger partial charge in [-0.2, -0.15) is 0 Å². The van der Waals surface area contributed by atoms with Gasteiger partial charge in [0.25, 0.3) is 0 Å². The van der Waals surface area contributed by atoms with Gasteiger partial charge in [0.15, 0.2) is 0 Å². The molecule has 1 saturated carbocycles. The number of fused-ring (bicyclic) bond motifs is 2.